The van der Waals surface area contributed by atoms with Gasteiger partial charge in [-0.1, -0.05) is 36.4 Å². The minimum Gasteiger partial charge on any atom is -0.356 e. The smallest absolute Gasteiger partial charge is 0.191 e. The molecule has 0 bridgehead atoms. The molecule has 0 saturated heterocycles. The van der Waals surface area contributed by atoms with Crippen LogP contribution in [0.1, 0.15) is 17.5 Å². The van der Waals surface area contributed by atoms with Gasteiger partial charge in [-0.3, -0.25) is 4.99 Å². The number of nitrogens with zero attached hydrogens (tertiary/aromatic N) is 3. The van der Waals surface area contributed by atoms with Crippen LogP contribution in [0, 0.1) is 5.82 Å². The zero-order valence-electron chi connectivity index (χ0n) is 15.8. The number of guanidine groups is 1. The van der Waals surface area contributed by atoms with Crippen LogP contribution in [-0.4, -0.2) is 29.1 Å². The van der Waals surface area contributed by atoms with Gasteiger partial charge in [0.25, 0.3) is 0 Å². The van der Waals surface area contributed by atoms with Gasteiger partial charge < -0.3 is 15.2 Å². The van der Waals surface area contributed by atoms with Gasteiger partial charge in [-0.15, -0.1) is 24.0 Å². The molecule has 3 aromatic rings. The Hall–Kier alpha value is -2.42. The summed E-state index contributed by atoms with van der Waals surface area (Å²) in [5.41, 5.74) is 2.67. The Morgan fingerprint density at radius 1 is 1.11 bits per heavy atom. The predicted octanol–water partition coefficient (Wildman–Crippen LogP) is 3.93. The Morgan fingerprint density at radius 3 is 2.61 bits per heavy atom. The fraction of sp³-hybridized carbons (Fsp3) is 0.238. The van der Waals surface area contributed by atoms with E-state index in [9.17, 15) is 4.39 Å². The van der Waals surface area contributed by atoms with Gasteiger partial charge in [0, 0.05) is 32.5 Å². The van der Waals surface area contributed by atoms with E-state index in [4.69, 9.17) is 0 Å². The van der Waals surface area contributed by atoms with Crippen molar-refractivity contribution in [3.63, 3.8) is 0 Å². The van der Waals surface area contributed by atoms with Gasteiger partial charge in [-0.25, -0.2) is 9.37 Å². The third-order valence-electron chi connectivity index (χ3n) is 4.26. The van der Waals surface area contributed by atoms with Crippen molar-refractivity contribution in [3.8, 4) is 5.69 Å². The second-order valence-electron chi connectivity index (χ2n) is 6.20. The molecule has 0 unspecified atom stereocenters. The maximum absolute atomic E-state index is 14.3. The highest BCUT2D eigenvalue weighted by Crippen LogP contribution is 2.14. The van der Waals surface area contributed by atoms with E-state index in [1.54, 1.807) is 36.4 Å². The van der Waals surface area contributed by atoms with Crippen molar-refractivity contribution in [3.05, 3.63) is 84.2 Å². The molecule has 0 radical (unpaired) electrons. The van der Waals surface area contributed by atoms with E-state index in [1.807, 2.05) is 12.1 Å². The van der Waals surface area contributed by atoms with Crippen LogP contribution in [0.3, 0.4) is 0 Å². The monoisotopic (exact) mass is 493 g/mol. The van der Waals surface area contributed by atoms with E-state index in [-0.39, 0.29) is 29.8 Å². The Kier molecular flexibility index (Phi) is 8.93. The van der Waals surface area contributed by atoms with Gasteiger partial charge in [-0.05, 0) is 36.1 Å². The number of imidazole rings is 1. The first-order valence-corrected chi connectivity index (χ1v) is 9.01. The maximum Gasteiger partial charge on any atom is 0.191 e. The lowest BCUT2D eigenvalue weighted by molar-refractivity contribution is 0.614. The second kappa shape index (κ2) is 11.4. The van der Waals surface area contributed by atoms with Crippen LogP contribution in [0.15, 0.2) is 72.2 Å². The standard InChI is InChI=1S/C21H24FN5.HI/c1-23-21(25-11-5-8-17-6-3-2-4-7-17)26-15-18-9-10-20(19(22)14-18)27-13-12-24-16-27;/h2-4,6-7,9-10,12-14,16H,5,8,11,15H2,1H3,(H2,23,25,26);1H. The van der Waals surface area contributed by atoms with E-state index in [1.165, 1.54) is 11.6 Å². The third-order valence-corrected chi connectivity index (χ3v) is 4.26. The Bertz CT molecular complexity index is 866. The van der Waals surface area contributed by atoms with E-state index >= 15 is 0 Å². The summed E-state index contributed by atoms with van der Waals surface area (Å²) in [5.74, 6) is 0.431. The quantitative estimate of drug-likeness (QED) is 0.227. The number of hydrogen-bond donors (Lipinski definition) is 2. The van der Waals surface area contributed by atoms with Crippen molar-refractivity contribution < 1.29 is 4.39 Å². The van der Waals surface area contributed by atoms with Crippen LogP contribution in [0.2, 0.25) is 0 Å². The van der Waals surface area contributed by atoms with Crippen LogP contribution in [0.25, 0.3) is 5.69 Å². The summed E-state index contributed by atoms with van der Waals surface area (Å²) in [6.07, 6.45) is 6.96. The molecule has 1 aromatic heterocycles. The predicted molar refractivity (Wildman–Crippen MR) is 122 cm³/mol. The lowest BCUT2D eigenvalue weighted by atomic mass is 10.1. The van der Waals surface area contributed by atoms with Crippen LogP contribution in [0.5, 0.6) is 0 Å². The summed E-state index contributed by atoms with van der Waals surface area (Å²) in [6.45, 7) is 1.32. The number of rotatable bonds is 7. The zero-order valence-corrected chi connectivity index (χ0v) is 18.1. The van der Waals surface area contributed by atoms with Crippen LogP contribution in [0.4, 0.5) is 4.39 Å². The number of benzene rings is 2. The molecular weight excluding hydrogens is 468 g/mol. The average Bonchev–Trinajstić information content (AvgIpc) is 3.23. The second-order valence-corrected chi connectivity index (χ2v) is 6.20. The minimum atomic E-state index is -0.280. The number of aromatic nitrogens is 2. The topological polar surface area (TPSA) is 54.2 Å². The highest BCUT2D eigenvalue weighted by atomic mass is 127. The van der Waals surface area contributed by atoms with E-state index < -0.39 is 0 Å². The first kappa shape index (κ1) is 21.9. The van der Waals surface area contributed by atoms with Crippen molar-refractivity contribution in [2.45, 2.75) is 19.4 Å². The van der Waals surface area contributed by atoms with Crippen LogP contribution >= 0.6 is 24.0 Å². The highest BCUT2D eigenvalue weighted by Gasteiger charge is 2.06. The van der Waals surface area contributed by atoms with Crippen molar-refractivity contribution in [1.82, 2.24) is 20.2 Å². The van der Waals surface area contributed by atoms with E-state index in [2.05, 4.69) is 44.9 Å². The van der Waals surface area contributed by atoms with Crippen molar-refractivity contribution in [1.29, 1.82) is 0 Å². The Labute approximate surface area is 182 Å². The van der Waals surface area contributed by atoms with Crippen LogP contribution in [-0.2, 0) is 13.0 Å². The number of halogens is 2. The molecule has 0 atom stereocenters. The zero-order chi connectivity index (χ0) is 18.9. The van der Waals surface area contributed by atoms with Gasteiger partial charge in [-0.2, -0.15) is 0 Å². The van der Waals surface area contributed by atoms with Crippen molar-refractivity contribution in [2.75, 3.05) is 13.6 Å². The minimum absolute atomic E-state index is 0. The summed E-state index contributed by atoms with van der Waals surface area (Å²) < 4.78 is 16.0. The maximum atomic E-state index is 14.3. The molecule has 7 heteroatoms. The molecule has 0 spiro atoms. The third kappa shape index (κ3) is 6.33. The molecule has 2 aromatic carbocycles. The molecule has 28 heavy (non-hydrogen) atoms. The normalized spacial score (nSPS) is 11.0. The molecule has 0 aliphatic heterocycles. The van der Waals surface area contributed by atoms with Crippen LogP contribution < -0.4 is 10.6 Å². The van der Waals surface area contributed by atoms with Gasteiger partial charge in [0.15, 0.2) is 5.96 Å². The molecule has 0 amide bonds. The molecule has 0 aliphatic rings. The van der Waals surface area contributed by atoms with Gasteiger partial charge in [0.05, 0.1) is 12.0 Å². The molecule has 0 saturated carbocycles. The summed E-state index contributed by atoms with van der Waals surface area (Å²) in [4.78, 5) is 8.16. The Balaban J connectivity index is 0.00000280. The average molecular weight is 493 g/mol. The number of aliphatic imine (C=N–C) groups is 1. The summed E-state index contributed by atoms with van der Waals surface area (Å²) >= 11 is 0. The molecule has 148 valence electrons. The van der Waals surface area contributed by atoms with Crippen molar-refractivity contribution >= 4 is 29.9 Å². The first-order valence-electron chi connectivity index (χ1n) is 9.01. The summed E-state index contributed by atoms with van der Waals surface area (Å²) in [5, 5.41) is 6.51. The number of nitrogens with one attached hydrogen (secondary N) is 2. The molecule has 2 N–H and O–H groups in total. The lowest BCUT2D eigenvalue weighted by Crippen LogP contribution is -2.37. The Morgan fingerprint density at radius 2 is 1.93 bits per heavy atom. The van der Waals surface area contributed by atoms with E-state index in [0.29, 0.717) is 18.2 Å². The highest BCUT2D eigenvalue weighted by molar-refractivity contribution is 14.0. The summed E-state index contributed by atoms with van der Waals surface area (Å²) in [7, 11) is 1.73. The molecule has 3 rings (SSSR count). The molecule has 0 fully saturated rings. The van der Waals surface area contributed by atoms with Gasteiger partial charge >= 0.3 is 0 Å². The molecular formula is C21H25FIN5. The molecule has 1 heterocycles. The number of hydrogen-bond acceptors (Lipinski definition) is 2. The largest absolute Gasteiger partial charge is 0.356 e. The fourth-order valence-corrected chi connectivity index (χ4v) is 2.82. The summed E-state index contributed by atoms with van der Waals surface area (Å²) in [6, 6.07) is 15.6. The molecule has 0 aliphatic carbocycles. The van der Waals surface area contributed by atoms with Gasteiger partial charge in [0.1, 0.15) is 5.82 Å². The van der Waals surface area contributed by atoms with E-state index in [0.717, 1.165) is 24.9 Å². The SMILES string of the molecule is CN=C(NCCCc1ccccc1)NCc1ccc(-n2ccnc2)c(F)c1.I. The lowest BCUT2D eigenvalue weighted by Gasteiger charge is -2.13. The first-order chi connectivity index (χ1) is 13.3. The fourth-order valence-electron chi connectivity index (χ4n) is 2.82. The number of aryl methyl sites for hydroxylation is 1. The van der Waals surface area contributed by atoms with Crippen molar-refractivity contribution in [2.24, 2.45) is 4.99 Å². The molecule has 5 nitrogen and oxygen atoms in total. The van der Waals surface area contributed by atoms with Gasteiger partial charge in [0.2, 0.25) is 0 Å².